The van der Waals surface area contributed by atoms with E-state index >= 15 is 0 Å². The number of alkyl carbamates (subject to hydrolysis) is 1. The van der Waals surface area contributed by atoms with Crippen LogP contribution in [-0.2, 0) is 23.9 Å². The minimum absolute atomic E-state index is 0.0985. The van der Waals surface area contributed by atoms with Gasteiger partial charge < -0.3 is 14.8 Å². The number of carbonyl (C=O) groups excluding carboxylic acids is 4. The Labute approximate surface area is 172 Å². The summed E-state index contributed by atoms with van der Waals surface area (Å²) in [5, 5.41) is 4.45. The quantitative estimate of drug-likeness (QED) is 0.577. The third-order valence-electron chi connectivity index (χ3n) is 5.22. The van der Waals surface area contributed by atoms with Crippen LogP contribution in [0, 0.1) is 0 Å². The summed E-state index contributed by atoms with van der Waals surface area (Å²) in [6.45, 7) is 1.53. The van der Waals surface area contributed by atoms with Crippen molar-refractivity contribution in [2.45, 2.75) is 31.4 Å². The molecule has 30 heavy (non-hydrogen) atoms. The molecule has 0 saturated carbocycles. The predicted molar refractivity (Wildman–Crippen MR) is 105 cm³/mol. The average molecular weight is 408 g/mol. The normalized spacial score (nSPS) is 18.2. The first-order chi connectivity index (χ1) is 14.4. The molecule has 154 valence electrons. The lowest BCUT2D eigenvalue weighted by atomic mass is 9.98. The van der Waals surface area contributed by atoms with E-state index in [1.807, 2.05) is 48.5 Å². The Hall–Kier alpha value is -3.68. The molecular formula is C22H20N2O6. The third-order valence-corrected chi connectivity index (χ3v) is 5.22. The molecule has 0 spiro atoms. The van der Waals surface area contributed by atoms with Gasteiger partial charge in [-0.15, -0.1) is 0 Å². The monoisotopic (exact) mass is 408 g/mol. The summed E-state index contributed by atoms with van der Waals surface area (Å²) >= 11 is 0. The van der Waals surface area contributed by atoms with Crippen LogP contribution in [0.2, 0.25) is 0 Å². The molecule has 1 aliphatic heterocycles. The summed E-state index contributed by atoms with van der Waals surface area (Å²) in [5.74, 6) is -2.09. The zero-order chi connectivity index (χ0) is 21.3. The smallest absolute Gasteiger partial charge is 0.407 e. The van der Waals surface area contributed by atoms with Crippen LogP contribution in [-0.4, -0.2) is 42.6 Å². The summed E-state index contributed by atoms with van der Waals surface area (Å²) in [4.78, 5) is 47.0. The van der Waals surface area contributed by atoms with E-state index in [0.29, 0.717) is 0 Å². The minimum Gasteiger partial charge on any atom is -0.450 e. The first-order valence-electron chi connectivity index (χ1n) is 9.59. The minimum atomic E-state index is -1.17. The van der Waals surface area contributed by atoms with Crippen LogP contribution in [0.15, 0.2) is 48.5 Å². The van der Waals surface area contributed by atoms with Gasteiger partial charge in [-0.05, 0) is 29.2 Å². The second-order valence-corrected chi connectivity index (χ2v) is 7.23. The van der Waals surface area contributed by atoms with Gasteiger partial charge in [-0.1, -0.05) is 48.5 Å². The molecule has 1 fully saturated rings. The second kappa shape index (κ2) is 7.98. The Bertz CT molecular complexity index is 988. The van der Waals surface area contributed by atoms with Crippen molar-refractivity contribution in [2.24, 2.45) is 0 Å². The highest BCUT2D eigenvalue weighted by Crippen LogP contribution is 2.44. The molecule has 1 saturated heterocycles. The number of benzene rings is 2. The molecule has 2 N–H and O–H groups in total. The van der Waals surface area contributed by atoms with Crippen molar-refractivity contribution in [3.05, 3.63) is 59.7 Å². The van der Waals surface area contributed by atoms with E-state index in [2.05, 4.69) is 10.6 Å². The fourth-order valence-electron chi connectivity index (χ4n) is 3.74. The maximum Gasteiger partial charge on any atom is 0.407 e. The van der Waals surface area contributed by atoms with Crippen molar-refractivity contribution in [1.29, 1.82) is 0 Å². The fraction of sp³-hybridized carbons (Fsp3) is 0.273. The van der Waals surface area contributed by atoms with Gasteiger partial charge >= 0.3 is 12.1 Å². The van der Waals surface area contributed by atoms with Crippen molar-refractivity contribution < 1.29 is 28.7 Å². The number of hydrogen-bond donors (Lipinski definition) is 2. The van der Waals surface area contributed by atoms with Crippen LogP contribution in [0.4, 0.5) is 4.79 Å². The van der Waals surface area contributed by atoms with Gasteiger partial charge in [0, 0.05) is 5.92 Å². The van der Waals surface area contributed by atoms with Gasteiger partial charge in [0.2, 0.25) is 5.91 Å². The number of rotatable bonds is 5. The van der Waals surface area contributed by atoms with E-state index in [-0.39, 0.29) is 18.9 Å². The first-order valence-corrected chi connectivity index (χ1v) is 9.59. The highest BCUT2D eigenvalue weighted by Gasteiger charge is 2.35. The molecule has 8 heteroatoms. The van der Waals surface area contributed by atoms with Gasteiger partial charge in [-0.25, -0.2) is 9.59 Å². The van der Waals surface area contributed by atoms with E-state index in [1.54, 1.807) is 0 Å². The van der Waals surface area contributed by atoms with E-state index < -0.39 is 36.0 Å². The van der Waals surface area contributed by atoms with Gasteiger partial charge in [0.1, 0.15) is 12.6 Å². The lowest BCUT2D eigenvalue weighted by molar-refractivity contribution is -0.155. The standard InChI is InChI=1S/C22H20N2O6/c1-12(21(27)30-18-10-19(25)24-20(18)26)23-22(28)29-11-17-15-8-4-2-6-13(15)14-7-3-5-9-16(14)17/h2-9,12,17-18H,10-11H2,1H3,(H,23,28)(H,24,25,26)/t12-,18?/m1/s1. The van der Waals surface area contributed by atoms with Crippen molar-refractivity contribution in [3.63, 3.8) is 0 Å². The molecule has 2 aromatic carbocycles. The number of fused-ring (bicyclic) bond motifs is 3. The SMILES string of the molecule is C[C@@H](NC(=O)OCC1c2ccccc2-c2ccccc21)C(=O)OC1CC(=O)NC1=O. The number of amides is 3. The number of ether oxygens (including phenoxy) is 2. The zero-order valence-corrected chi connectivity index (χ0v) is 16.2. The molecule has 0 radical (unpaired) electrons. The molecule has 1 heterocycles. The van der Waals surface area contributed by atoms with E-state index in [4.69, 9.17) is 9.47 Å². The molecule has 3 amide bonds. The Balaban J connectivity index is 1.34. The van der Waals surface area contributed by atoms with Crippen LogP contribution in [0.25, 0.3) is 11.1 Å². The lowest BCUT2D eigenvalue weighted by Crippen LogP contribution is -2.42. The fourth-order valence-corrected chi connectivity index (χ4v) is 3.74. The van der Waals surface area contributed by atoms with Crippen LogP contribution in [0.5, 0.6) is 0 Å². The molecule has 8 nitrogen and oxygen atoms in total. The molecular weight excluding hydrogens is 388 g/mol. The number of nitrogens with one attached hydrogen (secondary N) is 2. The van der Waals surface area contributed by atoms with Crippen molar-refractivity contribution >= 4 is 23.9 Å². The number of esters is 1. The van der Waals surface area contributed by atoms with Gasteiger partial charge in [0.25, 0.3) is 5.91 Å². The molecule has 1 aliphatic carbocycles. The van der Waals surface area contributed by atoms with Crippen LogP contribution in [0.1, 0.15) is 30.4 Å². The second-order valence-electron chi connectivity index (χ2n) is 7.23. The number of carbonyl (C=O) groups is 4. The third kappa shape index (κ3) is 3.76. The molecule has 2 atom stereocenters. The van der Waals surface area contributed by atoms with Gasteiger partial charge in [0.05, 0.1) is 6.42 Å². The summed E-state index contributed by atoms with van der Waals surface area (Å²) in [5.41, 5.74) is 4.39. The summed E-state index contributed by atoms with van der Waals surface area (Å²) in [7, 11) is 0. The van der Waals surface area contributed by atoms with Crippen LogP contribution in [0.3, 0.4) is 0 Å². The predicted octanol–water partition coefficient (Wildman–Crippen LogP) is 1.87. The zero-order valence-electron chi connectivity index (χ0n) is 16.2. The number of imide groups is 1. The Kier molecular flexibility index (Phi) is 5.22. The van der Waals surface area contributed by atoms with Crippen molar-refractivity contribution in [1.82, 2.24) is 10.6 Å². The highest BCUT2D eigenvalue weighted by atomic mass is 16.6. The summed E-state index contributed by atoms with van der Waals surface area (Å²) < 4.78 is 10.4. The Morgan fingerprint density at radius 1 is 1.07 bits per heavy atom. The van der Waals surface area contributed by atoms with Gasteiger partial charge in [-0.2, -0.15) is 0 Å². The Morgan fingerprint density at radius 2 is 1.67 bits per heavy atom. The van der Waals surface area contributed by atoms with Gasteiger partial charge in [0.15, 0.2) is 6.10 Å². The molecule has 1 unspecified atom stereocenters. The van der Waals surface area contributed by atoms with Crippen molar-refractivity contribution in [3.8, 4) is 11.1 Å². The summed E-state index contributed by atoms with van der Waals surface area (Å²) in [6, 6.07) is 14.9. The van der Waals surface area contributed by atoms with E-state index in [1.165, 1.54) is 6.92 Å². The molecule has 2 aliphatic rings. The molecule has 4 rings (SSSR count). The Morgan fingerprint density at radius 3 is 2.23 bits per heavy atom. The molecule has 2 aromatic rings. The largest absolute Gasteiger partial charge is 0.450 e. The van der Waals surface area contributed by atoms with E-state index in [9.17, 15) is 19.2 Å². The molecule has 0 bridgehead atoms. The summed E-state index contributed by atoms with van der Waals surface area (Å²) in [6.07, 6.45) is -2.16. The average Bonchev–Trinajstić information content (AvgIpc) is 3.22. The van der Waals surface area contributed by atoms with Gasteiger partial charge in [-0.3, -0.25) is 14.9 Å². The molecule has 0 aromatic heterocycles. The van der Waals surface area contributed by atoms with Crippen molar-refractivity contribution in [2.75, 3.05) is 6.61 Å². The topological polar surface area (TPSA) is 111 Å². The number of hydrogen-bond acceptors (Lipinski definition) is 6. The maximum atomic E-state index is 12.2. The van der Waals surface area contributed by atoms with E-state index in [0.717, 1.165) is 22.3 Å². The maximum absolute atomic E-state index is 12.2. The first kappa shape index (κ1) is 19.6. The van der Waals surface area contributed by atoms with Crippen LogP contribution < -0.4 is 10.6 Å². The van der Waals surface area contributed by atoms with Crippen LogP contribution >= 0.6 is 0 Å². The highest BCUT2D eigenvalue weighted by molar-refractivity contribution is 6.05. The lowest BCUT2D eigenvalue weighted by Gasteiger charge is -2.17.